The van der Waals surface area contributed by atoms with Gasteiger partial charge in [-0.05, 0) is 49.8 Å². The van der Waals surface area contributed by atoms with Crippen molar-refractivity contribution in [1.29, 1.82) is 0 Å². The molecule has 2 heterocycles. The maximum atomic E-state index is 12.6. The van der Waals surface area contributed by atoms with Crippen molar-refractivity contribution >= 4 is 17.6 Å². The summed E-state index contributed by atoms with van der Waals surface area (Å²) in [4.78, 5) is 23.7. The van der Waals surface area contributed by atoms with Crippen LogP contribution in [0.2, 0.25) is 0 Å². The molecule has 0 bridgehead atoms. The molecule has 0 aliphatic carbocycles. The van der Waals surface area contributed by atoms with Gasteiger partial charge in [0.05, 0.1) is 5.56 Å². The molecule has 2 aliphatic heterocycles. The van der Waals surface area contributed by atoms with E-state index in [0.717, 1.165) is 16.9 Å². The summed E-state index contributed by atoms with van der Waals surface area (Å²) in [5.41, 5.74) is 2.30. The zero-order valence-corrected chi connectivity index (χ0v) is 15.0. The molecule has 2 aromatic carbocycles. The molecule has 0 spiro atoms. The fourth-order valence-corrected chi connectivity index (χ4v) is 3.01. The predicted molar refractivity (Wildman–Crippen MR) is 100 cm³/mol. The number of hydrogen-bond donors (Lipinski definition) is 0. The van der Waals surface area contributed by atoms with E-state index in [1.807, 2.05) is 37.3 Å². The molecule has 0 amide bonds. The number of carbonyl (C=O) groups is 2. The van der Waals surface area contributed by atoms with E-state index in [9.17, 15) is 9.59 Å². The van der Waals surface area contributed by atoms with E-state index >= 15 is 0 Å². The van der Waals surface area contributed by atoms with Crippen LogP contribution in [-0.4, -0.2) is 24.3 Å². The van der Waals surface area contributed by atoms with Crippen LogP contribution in [0.15, 0.2) is 59.9 Å². The molecule has 0 fully saturated rings. The monoisotopic (exact) mass is 362 g/mol. The maximum absolute atomic E-state index is 12.6. The lowest BCUT2D eigenvalue weighted by molar-refractivity contribution is -0.118. The highest BCUT2D eigenvalue weighted by Gasteiger charge is 2.29. The Morgan fingerprint density at radius 1 is 1.19 bits per heavy atom. The molecule has 2 aliphatic rings. The van der Waals surface area contributed by atoms with Gasteiger partial charge in [0.1, 0.15) is 30.0 Å². The van der Waals surface area contributed by atoms with Gasteiger partial charge in [-0.15, -0.1) is 0 Å². The lowest BCUT2D eigenvalue weighted by Crippen LogP contribution is -2.18. The topological polar surface area (TPSA) is 61.8 Å². The van der Waals surface area contributed by atoms with E-state index in [1.54, 1.807) is 24.3 Å². The third-order valence-electron chi connectivity index (χ3n) is 4.40. The van der Waals surface area contributed by atoms with Gasteiger partial charge in [-0.2, -0.15) is 0 Å². The summed E-state index contributed by atoms with van der Waals surface area (Å²) in [5, 5.41) is 0. The van der Waals surface area contributed by atoms with E-state index in [1.165, 1.54) is 6.92 Å². The molecule has 0 N–H and O–H groups in total. The molecule has 0 unspecified atom stereocenters. The summed E-state index contributed by atoms with van der Waals surface area (Å²) in [7, 11) is 0. The first-order valence-electron chi connectivity index (χ1n) is 8.69. The minimum atomic E-state index is -0.193. The Bertz CT molecular complexity index is 1000. The van der Waals surface area contributed by atoms with Crippen LogP contribution in [0, 0.1) is 0 Å². The second-order valence-corrected chi connectivity index (χ2v) is 6.53. The van der Waals surface area contributed by atoms with E-state index in [4.69, 9.17) is 14.2 Å². The number of allylic oxidation sites excluding steroid dienone is 1. The van der Waals surface area contributed by atoms with Crippen LogP contribution in [0.3, 0.4) is 0 Å². The largest absolute Gasteiger partial charge is 0.486 e. The number of ether oxygens (including phenoxy) is 3. The summed E-state index contributed by atoms with van der Waals surface area (Å²) in [6, 6.07) is 12.7. The fourth-order valence-electron chi connectivity index (χ4n) is 3.01. The number of para-hydroxylation sites is 1. The molecule has 0 radical (unpaired) electrons. The van der Waals surface area contributed by atoms with Crippen LogP contribution >= 0.6 is 0 Å². The van der Waals surface area contributed by atoms with Crippen molar-refractivity contribution in [3.05, 3.63) is 71.0 Å². The summed E-state index contributed by atoms with van der Waals surface area (Å²) in [5.74, 6) is 1.72. The first-order valence-corrected chi connectivity index (χ1v) is 8.69. The average molecular weight is 362 g/mol. The minimum absolute atomic E-state index is 0.0173. The molecule has 0 saturated carbocycles. The van der Waals surface area contributed by atoms with Gasteiger partial charge >= 0.3 is 0 Å². The molecule has 4 rings (SSSR count). The number of carbonyl (C=O) groups excluding carboxylic acids is 2. The van der Waals surface area contributed by atoms with Crippen LogP contribution in [0.1, 0.15) is 29.8 Å². The minimum Gasteiger partial charge on any atom is -0.486 e. The number of fused-ring (bicyclic) bond motifs is 2. The first kappa shape index (κ1) is 17.1. The maximum Gasteiger partial charge on any atom is 0.231 e. The van der Waals surface area contributed by atoms with E-state index in [-0.39, 0.29) is 30.0 Å². The van der Waals surface area contributed by atoms with E-state index < -0.39 is 0 Å². The Balaban J connectivity index is 1.61. The van der Waals surface area contributed by atoms with Crippen LogP contribution in [0.25, 0.3) is 6.08 Å². The summed E-state index contributed by atoms with van der Waals surface area (Å²) >= 11 is 0. The standard InChI is InChI=1S/C22H18O5/c1-13(23)12-25-17-7-8-18-20(11-17)27-21(22(18)24)10-16-9-15-5-3-4-6-19(15)26-14(16)2/h3-11,14H,12H2,1-2H3/b21-10-/t14-/m0/s1. The van der Waals surface area contributed by atoms with Crippen LogP contribution in [-0.2, 0) is 4.79 Å². The molecule has 0 saturated heterocycles. The van der Waals surface area contributed by atoms with Gasteiger partial charge < -0.3 is 14.2 Å². The van der Waals surface area contributed by atoms with Gasteiger partial charge in [-0.3, -0.25) is 9.59 Å². The quantitative estimate of drug-likeness (QED) is 0.770. The zero-order valence-electron chi connectivity index (χ0n) is 15.0. The van der Waals surface area contributed by atoms with Crippen molar-refractivity contribution < 1.29 is 23.8 Å². The lowest BCUT2D eigenvalue weighted by atomic mass is 10.0. The zero-order chi connectivity index (χ0) is 19.0. The molecule has 0 aromatic heterocycles. The second kappa shape index (κ2) is 6.76. The molecule has 2 aromatic rings. The Morgan fingerprint density at radius 2 is 2.00 bits per heavy atom. The third-order valence-corrected chi connectivity index (χ3v) is 4.40. The van der Waals surface area contributed by atoms with Crippen molar-refractivity contribution in [3.63, 3.8) is 0 Å². The van der Waals surface area contributed by atoms with Crippen molar-refractivity contribution in [3.8, 4) is 17.2 Å². The molecule has 5 heteroatoms. The van der Waals surface area contributed by atoms with Gasteiger partial charge in [0.25, 0.3) is 0 Å². The summed E-state index contributed by atoms with van der Waals surface area (Å²) in [6.45, 7) is 3.36. The summed E-state index contributed by atoms with van der Waals surface area (Å²) in [6.07, 6.45) is 3.53. The second-order valence-electron chi connectivity index (χ2n) is 6.53. The molecular weight excluding hydrogens is 344 g/mol. The van der Waals surface area contributed by atoms with Crippen molar-refractivity contribution in [2.45, 2.75) is 20.0 Å². The van der Waals surface area contributed by atoms with Crippen molar-refractivity contribution in [2.75, 3.05) is 6.61 Å². The van der Waals surface area contributed by atoms with Crippen molar-refractivity contribution in [2.24, 2.45) is 0 Å². The Labute approximate surface area is 156 Å². The predicted octanol–water partition coefficient (Wildman–Crippen LogP) is 3.98. The fraction of sp³-hybridized carbons (Fsp3) is 0.182. The molecular formula is C22H18O5. The molecule has 27 heavy (non-hydrogen) atoms. The smallest absolute Gasteiger partial charge is 0.231 e. The number of ketones is 2. The van der Waals surface area contributed by atoms with Crippen LogP contribution < -0.4 is 14.2 Å². The normalized spacial score (nSPS) is 18.9. The van der Waals surface area contributed by atoms with Gasteiger partial charge in [0, 0.05) is 11.6 Å². The molecule has 136 valence electrons. The van der Waals surface area contributed by atoms with Gasteiger partial charge in [0.15, 0.2) is 11.5 Å². The lowest BCUT2D eigenvalue weighted by Gasteiger charge is -2.22. The van der Waals surface area contributed by atoms with Gasteiger partial charge in [0.2, 0.25) is 5.78 Å². The molecule has 1 atom stereocenters. The highest BCUT2D eigenvalue weighted by atomic mass is 16.5. The highest BCUT2D eigenvalue weighted by Crippen LogP contribution is 2.36. The van der Waals surface area contributed by atoms with Crippen LogP contribution in [0.4, 0.5) is 0 Å². The average Bonchev–Trinajstić information content (AvgIpc) is 2.96. The number of benzene rings is 2. The summed E-state index contributed by atoms with van der Waals surface area (Å²) < 4.78 is 17.0. The van der Waals surface area contributed by atoms with Gasteiger partial charge in [-0.25, -0.2) is 0 Å². The Hall–Kier alpha value is -3.34. The highest BCUT2D eigenvalue weighted by molar-refractivity contribution is 6.12. The Morgan fingerprint density at radius 3 is 2.81 bits per heavy atom. The van der Waals surface area contributed by atoms with Crippen LogP contribution in [0.5, 0.6) is 17.2 Å². The number of rotatable bonds is 4. The third kappa shape index (κ3) is 3.36. The SMILES string of the molecule is CC(=O)COc1ccc2c(c1)O/C(=C\C1=Cc3ccccc3O[C@H]1C)C2=O. The first-order chi connectivity index (χ1) is 13.0. The van der Waals surface area contributed by atoms with Crippen molar-refractivity contribution in [1.82, 2.24) is 0 Å². The van der Waals surface area contributed by atoms with E-state index in [2.05, 4.69) is 0 Å². The number of hydrogen-bond acceptors (Lipinski definition) is 5. The number of Topliss-reactive ketones (excluding diaryl/α,β-unsaturated/α-hetero) is 2. The Kier molecular flexibility index (Phi) is 4.28. The molecule has 5 nitrogen and oxygen atoms in total. The van der Waals surface area contributed by atoms with E-state index in [0.29, 0.717) is 17.1 Å². The van der Waals surface area contributed by atoms with Gasteiger partial charge in [-0.1, -0.05) is 18.2 Å².